The second-order valence-electron chi connectivity index (χ2n) is 4.17. The molecule has 0 N–H and O–H groups in total. The zero-order chi connectivity index (χ0) is 12.5. The molecule has 0 aliphatic rings. The summed E-state index contributed by atoms with van der Waals surface area (Å²) in [5.41, 5.74) is 1.20. The second-order valence-corrected chi connectivity index (χ2v) is 5.76. The quantitative estimate of drug-likeness (QED) is 0.653. The van der Waals surface area contributed by atoms with E-state index in [1.165, 1.54) is 10.4 Å². The summed E-state index contributed by atoms with van der Waals surface area (Å²) in [6.07, 6.45) is 0.716. The Hall–Kier alpha value is -1.45. The van der Waals surface area contributed by atoms with E-state index in [2.05, 4.69) is 29.0 Å². The largest absolute Gasteiger partial charge is 0.222 e. The minimum Gasteiger partial charge on any atom is -0.222 e. The summed E-state index contributed by atoms with van der Waals surface area (Å²) in [6, 6.07) is 12.2. The fourth-order valence-electron chi connectivity index (χ4n) is 1.91. The van der Waals surface area contributed by atoms with Gasteiger partial charge in [0.05, 0.1) is 0 Å². The van der Waals surface area contributed by atoms with Crippen LogP contribution in [-0.2, 0) is 6.42 Å². The Kier molecular flexibility index (Phi) is 3.02. The SMILES string of the molecule is Cc1cc2c(Cl)nc(Cc3ccccc3)nc2s1. The maximum absolute atomic E-state index is 6.20. The molecule has 2 nitrogen and oxygen atoms in total. The molecule has 0 saturated carbocycles. The molecule has 0 aliphatic carbocycles. The first-order chi connectivity index (χ1) is 8.72. The van der Waals surface area contributed by atoms with Crippen molar-refractivity contribution in [2.75, 3.05) is 0 Å². The molecule has 0 aliphatic heterocycles. The van der Waals surface area contributed by atoms with Gasteiger partial charge in [-0.25, -0.2) is 9.97 Å². The van der Waals surface area contributed by atoms with Gasteiger partial charge in [0, 0.05) is 16.7 Å². The van der Waals surface area contributed by atoms with Crippen LogP contribution in [0.4, 0.5) is 0 Å². The van der Waals surface area contributed by atoms with Crippen molar-refractivity contribution in [3.05, 3.63) is 57.8 Å². The van der Waals surface area contributed by atoms with E-state index in [0.717, 1.165) is 16.0 Å². The average molecular weight is 275 g/mol. The van der Waals surface area contributed by atoms with E-state index in [1.54, 1.807) is 11.3 Å². The highest BCUT2D eigenvalue weighted by Gasteiger charge is 2.09. The maximum Gasteiger partial charge on any atom is 0.141 e. The van der Waals surface area contributed by atoms with Gasteiger partial charge < -0.3 is 0 Å². The first-order valence-corrected chi connectivity index (χ1v) is 6.88. The van der Waals surface area contributed by atoms with Crippen molar-refractivity contribution in [3.63, 3.8) is 0 Å². The van der Waals surface area contributed by atoms with Crippen LogP contribution in [0, 0.1) is 6.92 Å². The molecule has 0 unspecified atom stereocenters. The molecule has 0 atom stereocenters. The Labute approximate surface area is 114 Å². The van der Waals surface area contributed by atoms with E-state index < -0.39 is 0 Å². The van der Waals surface area contributed by atoms with Crippen LogP contribution >= 0.6 is 22.9 Å². The highest BCUT2D eigenvalue weighted by atomic mass is 35.5. The number of hydrogen-bond acceptors (Lipinski definition) is 3. The van der Waals surface area contributed by atoms with Gasteiger partial charge in [0.15, 0.2) is 0 Å². The molecular weight excluding hydrogens is 264 g/mol. The molecule has 0 radical (unpaired) electrons. The number of benzene rings is 1. The Morgan fingerprint density at radius 3 is 2.72 bits per heavy atom. The molecule has 2 heterocycles. The number of aromatic nitrogens is 2. The molecule has 18 heavy (non-hydrogen) atoms. The van der Waals surface area contributed by atoms with Crippen molar-refractivity contribution in [1.82, 2.24) is 9.97 Å². The van der Waals surface area contributed by atoms with E-state index in [4.69, 9.17) is 11.6 Å². The van der Waals surface area contributed by atoms with Gasteiger partial charge in [-0.1, -0.05) is 41.9 Å². The summed E-state index contributed by atoms with van der Waals surface area (Å²) in [6.45, 7) is 2.06. The topological polar surface area (TPSA) is 25.8 Å². The third-order valence-corrected chi connectivity index (χ3v) is 3.95. The zero-order valence-corrected chi connectivity index (χ0v) is 11.4. The fourth-order valence-corrected chi connectivity index (χ4v) is 3.10. The number of thiophene rings is 1. The molecule has 2 aromatic heterocycles. The van der Waals surface area contributed by atoms with Crippen molar-refractivity contribution >= 4 is 33.2 Å². The van der Waals surface area contributed by atoms with Gasteiger partial charge in [-0.2, -0.15) is 0 Å². The van der Waals surface area contributed by atoms with Gasteiger partial charge in [-0.3, -0.25) is 0 Å². The Bertz CT molecular complexity index is 692. The average Bonchev–Trinajstić information content (AvgIpc) is 2.72. The molecule has 3 rings (SSSR count). The highest BCUT2D eigenvalue weighted by Crippen LogP contribution is 2.28. The monoisotopic (exact) mass is 274 g/mol. The van der Waals surface area contributed by atoms with E-state index in [9.17, 15) is 0 Å². The van der Waals surface area contributed by atoms with E-state index in [-0.39, 0.29) is 0 Å². The van der Waals surface area contributed by atoms with Crippen molar-refractivity contribution in [1.29, 1.82) is 0 Å². The Balaban J connectivity index is 2.02. The van der Waals surface area contributed by atoms with E-state index in [0.29, 0.717) is 11.6 Å². The zero-order valence-electron chi connectivity index (χ0n) is 9.85. The van der Waals surface area contributed by atoms with Gasteiger partial charge in [0.1, 0.15) is 15.8 Å². The summed E-state index contributed by atoms with van der Waals surface area (Å²) in [4.78, 5) is 11.1. The number of rotatable bonds is 2. The van der Waals surface area contributed by atoms with Crippen molar-refractivity contribution in [2.45, 2.75) is 13.3 Å². The van der Waals surface area contributed by atoms with Crippen molar-refractivity contribution < 1.29 is 0 Å². The molecule has 3 aromatic rings. The normalized spacial score (nSPS) is 11.0. The predicted octanol–water partition coefficient (Wildman–Crippen LogP) is 4.24. The summed E-state index contributed by atoms with van der Waals surface area (Å²) in [7, 11) is 0. The minimum atomic E-state index is 0.551. The second kappa shape index (κ2) is 4.67. The van der Waals surface area contributed by atoms with Gasteiger partial charge in [-0.05, 0) is 18.6 Å². The van der Waals surface area contributed by atoms with Crippen LogP contribution in [-0.4, -0.2) is 9.97 Å². The third kappa shape index (κ3) is 2.24. The molecule has 0 amide bonds. The summed E-state index contributed by atoms with van der Waals surface area (Å²) >= 11 is 7.85. The van der Waals surface area contributed by atoms with Crippen LogP contribution in [0.15, 0.2) is 36.4 Å². The summed E-state index contributed by atoms with van der Waals surface area (Å²) in [5, 5.41) is 1.51. The summed E-state index contributed by atoms with van der Waals surface area (Å²) in [5.74, 6) is 0.778. The van der Waals surface area contributed by atoms with Crippen LogP contribution in [0.2, 0.25) is 5.15 Å². The van der Waals surface area contributed by atoms with Crippen molar-refractivity contribution in [2.24, 2.45) is 0 Å². The smallest absolute Gasteiger partial charge is 0.141 e. The molecule has 1 aromatic carbocycles. The van der Waals surface area contributed by atoms with Crippen LogP contribution in [0.3, 0.4) is 0 Å². The minimum absolute atomic E-state index is 0.551. The third-order valence-electron chi connectivity index (χ3n) is 2.72. The molecule has 0 spiro atoms. The van der Waals surface area contributed by atoms with Gasteiger partial charge in [-0.15, -0.1) is 11.3 Å². The number of hydrogen-bond donors (Lipinski definition) is 0. The number of fused-ring (bicyclic) bond motifs is 1. The Morgan fingerprint density at radius 1 is 1.17 bits per heavy atom. The standard InChI is InChI=1S/C14H11ClN2S/c1-9-7-11-13(15)16-12(17-14(11)18-9)8-10-5-3-2-4-6-10/h2-7H,8H2,1H3. The Morgan fingerprint density at radius 2 is 1.94 bits per heavy atom. The first kappa shape index (κ1) is 11.6. The highest BCUT2D eigenvalue weighted by molar-refractivity contribution is 7.18. The molecule has 0 fully saturated rings. The van der Waals surface area contributed by atoms with Gasteiger partial charge in [0.2, 0.25) is 0 Å². The molecule has 90 valence electrons. The maximum atomic E-state index is 6.20. The molecular formula is C14H11ClN2S. The molecule has 0 bridgehead atoms. The van der Waals surface area contributed by atoms with E-state index in [1.807, 2.05) is 24.3 Å². The summed E-state index contributed by atoms with van der Waals surface area (Å²) < 4.78 is 0. The van der Waals surface area contributed by atoms with E-state index >= 15 is 0 Å². The van der Waals surface area contributed by atoms with Gasteiger partial charge >= 0.3 is 0 Å². The lowest BCUT2D eigenvalue weighted by atomic mass is 10.1. The lowest BCUT2D eigenvalue weighted by Crippen LogP contribution is -1.96. The number of nitrogens with zero attached hydrogens (tertiary/aromatic N) is 2. The van der Waals surface area contributed by atoms with Gasteiger partial charge in [0.25, 0.3) is 0 Å². The van der Waals surface area contributed by atoms with Crippen LogP contribution in [0.1, 0.15) is 16.3 Å². The molecule has 0 saturated heterocycles. The van der Waals surface area contributed by atoms with Crippen LogP contribution < -0.4 is 0 Å². The lowest BCUT2D eigenvalue weighted by Gasteiger charge is -2.01. The lowest BCUT2D eigenvalue weighted by molar-refractivity contribution is 0.997. The van der Waals surface area contributed by atoms with Crippen molar-refractivity contribution in [3.8, 4) is 0 Å². The van der Waals surface area contributed by atoms with Crippen LogP contribution in [0.5, 0.6) is 0 Å². The first-order valence-electron chi connectivity index (χ1n) is 5.69. The molecule has 4 heteroatoms. The number of aryl methyl sites for hydroxylation is 1. The predicted molar refractivity (Wildman–Crippen MR) is 76.4 cm³/mol. The fraction of sp³-hybridized carbons (Fsp3) is 0.143. The number of halogens is 1. The van der Waals surface area contributed by atoms with Crippen LogP contribution in [0.25, 0.3) is 10.2 Å².